The van der Waals surface area contributed by atoms with Gasteiger partial charge in [-0.15, -0.1) is 28.1 Å². The monoisotopic (exact) mass is 357 g/mol. The molecule has 0 amide bonds. The first-order valence-electron chi connectivity index (χ1n) is 7.56. The van der Waals surface area contributed by atoms with E-state index >= 15 is 0 Å². The molecule has 0 aliphatic heterocycles. The van der Waals surface area contributed by atoms with Crippen molar-refractivity contribution >= 4 is 23.1 Å². The topological polar surface area (TPSA) is 39.9 Å². The number of thiophene rings is 1. The lowest BCUT2D eigenvalue weighted by Crippen LogP contribution is -2.00. The van der Waals surface area contributed by atoms with Crippen LogP contribution in [0.4, 0.5) is 0 Å². The standard InChI is InChI=1S/C18H19N3OS2/c1-4-8-21-17(15-9-13(2)23-12-15)19-20-18(21)24-11-14-6-5-7-16(10-14)22-3/h4-7,9-10,12H,1,8,11H2,2-3H3. The van der Waals surface area contributed by atoms with Crippen LogP contribution in [-0.4, -0.2) is 21.9 Å². The summed E-state index contributed by atoms with van der Waals surface area (Å²) in [6.07, 6.45) is 1.88. The lowest BCUT2D eigenvalue weighted by molar-refractivity contribution is 0.414. The molecule has 24 heavy (non-hydrogen) atoms. The van der Waals surface area contributed by atoms with Crippen molar-refractivity contribution in [2.45, 2.75) is 24.4 Å². The zero-order valence-corrected chi connectivity index (χ0v) is 15.4. The largest absolute Gasteiger partial charge is 0.497 e. The summed E-state index contributed by atoms with van der Waals surface area (Å²) in [5.41, 5.74) is 2.31. The van der Waals surface area contributed by atoms with E-state index in [4.69, 9.17) is 4.74 Å². The quantitative estimate of drug-likeness (QED) is 0.450. The van der Waals surface area contributed by atoms with Crippen LogP contribution in [0.1, 0.15) is 10.4 Å². The predicted molar refractivity (Wildman–Crippen MR) is 101 cm³/mol. The molecule has 2 aromatic heterocycles. The van der Waals surface area contributed by atoms with Crippen LogP contribution in [0.15, 0.2) is 53.5 Å². The van der Waals surface area contributed by atoms with E-state index in [9.17, 15) is 0 Å². The summed E-state index contributed by atoms with van der Waals surface area (Å²) in [5, 5.41) is 11.8. The van der Waals surface area contributed by atoms with Crippen LogP contribution in [0.5, 0.6) is 5.75 Å². The van der Waals surface area contributed by atoms with Gasteiger partial charge < -0.3 is 4.74 Å². The summed E-state index contributed by atoms with van der Waals surface area (Å²) in [5.74, 6) is 2.58. The van der Waals surface area contributed by atoms with Gasteiger partial charge >= 0.3 is 0 Å². The number of ether oxygens (including phenoxy) is 1. The van der Waals surface area contributed by atoms with Gasteiger partial charge in [0.1, 0.15) is 5.75 Å². The van der Waals surface area contributed by atoms with Crippen LogP contribution in [0.2, 0.25) is 0 Å². The molecule has 4 nitrogen and oxygen atoms in total. The summed E-state index contributed by atoms with van der Waals surface area (Å²) < 4.78 is 7.39. The highest BCUT2D eigenvalue weighted by Crippen LogP contribution is 2.29. The van der Waals surface area contributed by atoms with E-state index in [1.165, 1.54) is 10.4 Å². The first kappa shape index (κ1) is 16.8. The molecule has 0 N–H and O–H groups in total. The molecule has 3 aromatic rings. The van der Waals surface area contributed by atoms with E-state index in [1.807, 2.05) is 24.3 Å². The Morgan fingerprint density at radius 2 is 2.21 bits per heavy atom. The zero-order chi connectivity index (χ0) is 16.9. The fourth-order valence-corrected chi connectivity index (χ4v) is 3.95. The first-order valence-corrected chi connectivity index (χ1v) is 9.43. The number of nitrogens with zero attached hydrogens (tertiary/aromatic N) is 3. The van der Waals surface area contributed by atoms with Crippen molar-refractivity contribution in [3.63, 3.8) is 0 Å². The highest BCUT2D eigenvalue weighted by atomic mass is 32.2. The van der Waals surface area contributed by atoms with E-state index in [-0.39, 0.29) is 0 Å². The normalized spacial score (nSPS) is 10.8. The van der Waals surface area contributed by atoms with Crippen molar-refractivity contribution in [1.29, 1.82) is 0 Å². The number of hydrogen-bond acceptors (Lipinski definition) is 5. The number of benzene rings is 1. The fourth-order valence-electron chi connectivity index (χ4n) is 2.37. The Balaban J connectivity index is 1.82. The number of methoxy groups -OCH3 is 1. The molecule has 0 radical (unpaired) electrons. The number of thioether (sulfide) groups is 1. The third-order valence-corrected chi connectivity index (χ3v) is 5.42. The summed E-state index contributed by atoms with van der Waals surface area (Å²) in [4.78, 5) is 1.27. The zero-order valence-electron chi connectivity index (χ0n) is 13.7. The SMILES string of the molecule is C=CCn1c(SCc2cccc(OC)c2)nnc1-c1csc(C)c1. The number of rotatable bonds is 7. The van der Waals surface area contributed by atoms with Gasteiger partial charge in [-0.2, -0.15) is 0 Å². The van der Waals surface area contributed by atoms with Crippen LogP contribution < -0.4 is 4.74 Å². The maximum atomic E-state index is 5.28. The lowest BCUT2D eigenvalue weighted by Gasteiger charge is -2.07. The third-order valence-electron chi connectivity index (χ3n) is 3.52. The average molecular weight is 358 g/mol. The van der Waals surface area contributed by atoms with Crippen molar-refractivity contribution in [3.8, 4) is 17.1 Å². The second kappa shape index (κ2) is 7.68. The van der Waals surface area contributed by atoms with Crippen LogP contribution >= 0.6 is 23.1 Å². The van der Waals surface area contributed by atoms with Gasteiger partial charge in [0.05, 0.1) is 7.11 Å². The molecule has 0 saturated heterocycles. The van der Waals surface area contributed by atoms with E-state index in [1.54, 1.807) is 30.2 Å². The summed E-state index contributed by atoms with van der Waals surface area (Å²) in [6.45, 7) is 6.65. The highest BCUT2D eigenvalue weighted by molar-refractivity contribution is 7.98. The van der Waals surface area contributed by atoms with Crippen molar-refractivity contribution in [2.24, 2.45) is 0 Å². The smallest absolute Gasteiger partial charge is 0.192 e. The number of aromatic nitrogens is 3. The van der Waals surface area contributed by atoms with Gasteiger partial charge in [0.2, 0.25) is 0 Å². The Kier molecular flexibility index (Phi) is 5.37. The van der Waals surface area contributed by atoms with E-state index in [0.717, 1.165) is 28.0 Å². The minimum Gasteiger partial charge on any atom is -0.497 e. The molecular weight excluding hydrogens is 338 g/mol. The Bertz CT molecular complexity index is 838. The summed E-state index contributed by atoms with van der Waals surface area (Å²) in [7, 11) is 1.68. The molecule has 0 atom stereocenters. The van der Waals surface area contributed by atoms with Crippen LogP contribution in [0.25, 0.3) is 11.4 Å². The Morgan fingerprint density at radius 1 is 1.33 bits per heavy atom. The minimum absolute atomic E-state index is 0.692. The molecule has 1 aromatic carbocycles. The molecule has 0 fully saturated rings. The van der Waals surface area contributed by atoms with E-state index < -0.39 is 0 Å². The van der Waals surface area contributed by atoms with Gasteiger partial charge in [-0.05, 0) is 30.7 Å². The van der Waals surface area contributed by atoms with Crippen molar-refractivity contribution in [3.05, 3.63) is 58.8 Å². The number of hydrogen-bond donors (Lipinski definition) is 0. The molecule has 6 heteroatoms. The van der Waals surface area contributed by atoms with Crippen LogP contribution in [0, 0.1) is 6.92 Å². The molecule has 124 valence electrons. The fraction of sp³-hybridized carbons (Fsp3) is 0.222. The van der Waals surface area contributed by atoms with Crippen LogP contribution in [0.3, 0.4) is 0 Å². The van der Waals surface area contributed by atoms with Crippen LogP contribution in [-0.2, 0) is 12.3 Å². The Hall–Kier alpha value is -2.05. The maximum absolute atomic E-state index is 5.28. The summed E-state index contributed by atoms with van der Waals surface area (Å²) >= 11 is 3.39. The molecule has 0 spiro atoms. The van der Waals surface area contributed by atoms with Gasteiger partial charge in [0, 0.05) is 28.1 Å². The van der Waals surface area contributed by atoms with Gasteiger partial charge in [-0.1, -0.05) is 30.0 Å². The number of aryl methyl sites for hydroxylation is 1. The average Bonchev–Trinajstić information content (AvgIpc) is 3.20. The van der Waals surface area contributed by atoms with Gasteiger partial charge in [0.15, 0.2) is 11.0 Å². The Labute approximate surface area is 150 Å². The first-order chi connectivity index (χ1) is 11.7. The molecule has 2 heterocycles. The Morgan fingerprint density at radius 3 is 2.92 bits per heavy atom. The van der Waals surface area contributed by atoms with Gasteiger partial charge in [-0.25, -0.2) is 0 Å². The predicted octanol–water partition coefficient (Wildman–Crippen LogP) is 4.80. The molecule has 0 aliphatic rings. The minimum atomic E-state index is 0.692. The van der Waals surface area contributed by atoms with Crippen molar-refractivity contribution in [2.75, 3.05) is 7.11 Å². The second-order valence-electron chi connectivity index (χ2n) is 5.29. The summed E-state index contributed by atoms with van der Waals surface area (Å²) in [6, 6.07) is 10.2. The van der Waals surface area contributed by atoms with Gasteiger partial charge in [0.25, 0.3) is 0 Å². The molecular formula is C18H19N3OS2. The molecule has 0 unspecified atom stereocenters. The molecule has 0 bridgehead atoms. The highest BCUT2D eigenvalue weighted by Gasteiger charge is 2.14. The lowest BCUT2D eigenvalue weighted by atomic mass is 10.2. The van der Waals surface area contributed by atoms with Crippen molar-refractivity contribution < 1.29 is 4.74 Å². The molecule has 0 saturated carbocycles. The molecule has 3 rings (SSSR count). The van der Waals surface area contributed by atoms with E-state index in [0.29, 0.717) is 6.54 Å². The van der Waals surface area contributed by atoms with Crippen molar-refractivity contribution in [1.82, 2.24) is 14.8 Å². The molecule has 0 aliphatic carbocycles. The van der Waals surface area contributed by atoms with Gasteiger partial charge in [-0.3, -0.25) is 4.57 Å². The van der Waals surface area contributed by atoms with E-state index in [2.05, 4.69) is 45.8 Å². The second-order valence-corrected chi connectivity index (χ2v) is 7.35. The third kappa shape index (κ3) is 3.71. The number of allylic oxidation sites excluding steroid dienone is 1. The maximum Gasteiger partial charge on any atom is 0.192 e.